The molecule has 0 bridgehead atoms. The second kappa shape index (κ2) is 4.32. The van der Waals surface area contributed by atoms with Crippen molar-refractivity contribution in [1.29, 1.82) is 5.26 Å². The number of nitrogens with two attached hydrogens (primary N) is 1. The van der Waals surface area contributed by atoms with Crippen molar-refractivity contribution >= 4 is 11.8 Å². The van der Waals surface area contributed by atoms with Crippen LogP contribution in [0.5, 0.6) is 0 Å². The van der Waals surface area contributed by atoms with Crippen LogP contribution in [-0.4, -0.2) is 0 Å². The fourth-order valence-corrected chi connectivity index (χ4v) is 1.07. The van der Waals surface area contributed by atoms with Gasteiger partial charge in [-0.1, -0.05) is 31.2 Å². The summed E-state index contributed by atoms with van der Waals surface area (Å²) in [7, 11) is 0. The highest BCUT2D eigenvalue weighted by Crippen LogP contribution is 2.17. The van der Waals surface area contributed by atoms with Gasteiger partial charge in [0.25, 0.3) is 0 Å². The summed E-state index contributed by atoms with van der Waals surface area (Å²) in [4.78, 5) is 0. The van der Waals surface area contributed by atoms with Gasteiger partial charge in [-0.3, -0.25) is 0 Å². The van der Waals surface area contributed by atoms with Gasteiger partial charge in [-0.25, -0.2) is 0 Å². The second-order valence-electron chi connectivity index (χ2n) is 2.73. The lowest BCUT2D eigenvalue weighted by Crippen LogP contribution is -1.93. The molecule has 0 aromatic heterocycles. The number of hydrogen-bond acceptors (Lipinski definition) is 2. The molecule has 2 N–H and O–H groups in total. The van der Waals surface area contributed by atoms with E-state index in [-0.39, 0.29) is 0 Å². The zero-order valence-corrected chi connectivity index (χ0v) is 7.62. The lowest BCUT2D eigenvalue weighted by atomic mass is 10.1. The Kier molecular flexibility index (Phi) is 3.10. The molecule has 0 heterocycles. The van der Waals surface area contributed by atoms with Crippen LogP contribution in [0.2, 0.25) is 0 Å². The first kappa shape index (κ1) is 9.34. The van der Waals surface area contributed by atoms with Crippen LogP contribution in [-0.2, 0) is 0 Å². The van der Waals surface area contributed by atoms with E-state index in [9.17, 15) is 0 Å². The Bertz CT molecular complexity index is 359. The number of allylic oxidation sites excluding steroid dienone is 1. The van der Waals surface area contributed by atoms with Crippen LogP contribution in [0.25, 0.3) is 6.08 Å². The van der Waals surface area contributed by atoms with Crippen LogP contribution < -0.4 is 5.73 Å². The molecule has 0 unspecified atom stereocenters. The molecule has 0 fully saturated rings. The highest BCUT2D eigenvalue weighted by molar-refractivity contribution is 5.70. The fourth-order valence-electron chi connectivity index (χ4n) is 1.07. The Morgan fingerprint density at radius 2 is 2.31 bits per heavy atom. The largest absolute Gasteiger partial charge is 0.397 e. The average molecular weight is 172 g/mol. The molecule has 0 aliphatic rings. The normalized spacial score (nSPS) is 10.2. The van der Waals surface area contributed by atoms with Crippen molar-refractivity contribution < 1.29 is 0 Å². The van der Waals surface area contributed by atoms with E-state index >= 15 is 0 Å². The Morgan fingerprint density at radius 1 is 1.54 bits per heavy atom. The van der Waals surface area contributed by atoms with Crippen molar-refractivity contribution in [3.8, 4) is 6.07 Å². The summed E-state index contributed by atoms with van der Waals surface area (Å²) in [5.41, 5.74) is 7.78. The quantitative estimate of drug-likeness (QED) is 0.697. The van der Waals surface area contributed by atoms with E-state index in [2.05, 4.69) is 13.0 Å². The molecule has 0 spiro atoms. The first-order valence-corrected chi connectivity index (χ1v) is 4.24. The van der Waals surface area contributed by atoms with Gasteiger partial charge in [0.05, 0.1) is 11.3 Å². The lowest BCUT2D eigenvalue weighted by molar-refractivity contribution is 1.23. The van der Waals surface area contributed by atoms with Gasteiger partial charge < -0.3 is 5.73 Å². The molecule has 13 heavy (non-hydrogen) atoms. The summed E-state index contributed by atoms with van der Waals surface area (Å²) in [5, 5.41) is 8.71. The van der Waals surface area contributed by atoms with E-state index in [1.165, 1.54) is 0 Å². The zero-order valence-electron chi connectivity index (χ0n) is 7.62. The molecular formula is C11H12N2. The molecule has 66 valence electrons. The molecule has 1 aromatic carbocycles. The molecule has 0 saturated heterocycles. The Labute approximate surface area is 78.3 Å². The third-order valence-electron chi connectivity index (χ3n) is 1.79. The zero-order chi connectivity index (χ0) is 9.68. The van der Waals surface area contributed by atoms with Crippen molar-refractivity contribution in [1.82, 2.24) is 0 Å². The molecule has 0 radical (unpaired) electrons. The van der Waals surface area contributed by atoms with Crippen LogP contribution in [0.3, 0.4) is 0 Å². The molecule has 2 heteroatoms. The van der Waals surface area contributed by atoms with Crippen LogP contribution in [0.4, 0.5) is 5.69 Å². The average Bonchev–Trinajstić information content (AvgIpc) is 2.16. The fraction of sp³-hybridized carbons (Fsp3) is 0.182. The molecule has 1 aromatic rings. The smallest absolute Gasteiger partial charge is 0.101 e. The Balaban J connectivity index is 3.10. The SMILES string of the molecule is CCC=Cc1cccc(C#N)c1N. The van der Waals surface area contributed by atoms with E-state index in [0.717, 1.165) is 12.0 Å². The molecule has 0 atom stereocenters. The molecule has 2 nitrogen and oxygen atoms in total. The van der Waals surface area contributed by atoms with E-state index in [1.807, 2.05) is 24.3 Å². The summed E-state index contributed by atoms with van der Waals surface area (Å²) in [6.45, 7) is 2.06. The van der Waals surface area contributed by atoms with Gasteiger partial charge in [0.2, 0.25) is 0 Å². The number of para-hydroxylation sites is 1. The maximum Gasteiger partial charge on any atom is 0.101 e. The van der Waals surface area contributed by atoms with Crippen LogP contribution in [0, 0.1) is 11.3 Å². The molecule has 1 rings (SSSR count). The topological polar surface area (TPSA) is 49.8 Å². The summed E-state index contributed by atoms with van der Waals surface area (Å²) in [6.07, 6.45) is 4.93. The van der Waals surface area contributed by atoms with Gasteiger partial charge in [-0.05, 0) is 18.1 Å². The highest BCUT2D eigenvalue weighted by atomic mass is 14.6. The first-order chi connectivity index (χ1) is 6.29. The Morgan fingerprint density at radius 3 is 2.92 bits per heavy atom. The van der Waals surface area contributed by atoms with Gasteiger partial charge in [0, 0.05) is 0 Å². The number of rotatable bonds is 2. The van der Waals surface area contributed by atoms with Crippen molar-refractivity contribution in [3.63, 3.8) is 0 Å². The third-order valence-corrected chi connectivity index (χ3v) is 1.79. The summed E-state index contributed by atoms with van der Waals surface area (Å²) >= 11 is 0. The number of nitriles is 1. The van der Waals surface area contributed by atoms with Gasteiger partial charge >= 0.3 is 0 Å². The first-order valence-electron chi connectivity index (χ1n) is 4.24. The predicted octanol–water partition coefficient (Wildman–Crippen LogP) is 2.56. The minimum atomic E-state index is 0.540. The maximum absolute atomic E-state index is 8.71. The van der Waals surface area contributed by atoms with Gasteiger partial charge in [-0.2, -0.15) is 5.26 Å². The number of nitrogens with zero attached hydrogens (tertiary/aromatic N) is 1. The van der Waals surface area contributed by atoms with E-state index in [1.54, 1.807) is 6.07 Å². The molecular weight excluding hydrogens is 160 g/mol. The van der Waals surface area contributed by atoms with Crippen LogP contribution >= 0.6 is 0 Å². The molecule has 0 amide bonds. The molecule has 0 aliphatic carbocycles. The predicted molar refractivity (Wildman–Crippen MR) is 54.9 cm³/mol. The number of nitrogen functional groups attached to an aromatic ring is 1. The number of hydrogen-bond donors (Lipinski definition) is 1. The van der Waals surface area contributed by atoms with Crippen LogP contribution in [0.1, 0.15) is 24.5 Å². The minimum absolute atomic E-state index is 0.540. The van der Waals surface area contributed by atoms with Crippen LogP contribution in [0.15, 0.2) is 24.3 Å². The van der Waals surface area contributed by atoms with Crippen molar-refractivity contribution in [3.05, 3.63) is 35.4 Å². The van der Waals surface area contributed by atoms with E-state index < -0.39 is 0 Å². The minimum Gasteiger partial charge on any atom is -0.397 e. The van der Waals surface area contributed by atoms with Crippen molar-refractivity contribution in [2.75, 3.05) is 5.73 Å². The number of benzene rings is 1. The second-order valence-corrected chi connectivity index (χ2v) is 2.73. The highest BCUT2D eigenvalue weighted by Gasteiger charge is 1.99. The summed E-state index contributed by atoms with van der Waals surface area (Å²) in [5.74, 6) is 0. The van der Waals surface area contributed by atoms with E-state index in [0.29, 0.717) is 11.3 Å². The van der Waals surface area contributed by atoms with Gasteiger partial charge in [0.15, 0.2) is 0 Å². The lowest BCUT2D eigenvalue weighted by Gasteiger charge is -2.00. The molecule has 0 aliphatic heterocycles. The standard InChI is InChI=1S/C11H12N2/c1-2-3-5-9-6-4-7-10(8-12)11(9)13/h3-7H,2,13H2,1H3. The third kappa shape index (κ3) is 2.09. The molecule has 0 saturated carbocycles. The monoisotopic (exact) mass is 172 g/mol. The van der Waals surface area contributed by atoms with Gasteiger partial charge in [0.1, 0.15) is 6.07 Å². The summed E-state index contributed by atoms with van der Waals surface area (Å²) in [6, 6.07) is 7.52. The van der Waals surface area contributed by atoms with Gasteiger partial charge in [-0.15, -0.1) is 0 Å². The maximum atomic E-state index is 8.71. The number of anilines is 1. The van der Waals surface area contributed by atoms with E-state index in [4.69, 9.17) is 11.0 Å². The van der Waals surface area contributed by atoms with Crippen molar-refractivity contribution in [2.24, 2.45) is 0 Å². The summed E-state index contributed by atoms with van der Waals surface area (Å²) < 4.78 is 0. The Hall–Kier alpha value is -1.75. The van der Waals surface area contributed by atoms with Crippen molar-refractivity contribution in [2.45, 2.75) is 13.3 Å².